The summed E-state index contributed by atoms with van der Waals surface area (Å²) in [6.45, 7) is 3.15. The topological polar surface area (TPSA) is 38.0 Å². The molecule has 0 aliphatic carbocycles. The summed E-state index contributed by atoms with van der Waals surface area (Å²) in [7, 11) is 0. The standard InChI is InChI=1S/C15H18N2S2/c1-10(19-2)9-17-14-8-7-13(15(16)18)11-5-3-4-6-12(11)14/h3-8,10,17H,9H2,1-2H3,(H2,16,18). The molecule has 0 fully saturated rings. The first-order valence-electron chi connectivity index (χ1n) is 6.21. The highest BCUT2D eigenvalue weighted by Crippen LogP contribution is 2.27. The summed E-state index contributed by atoms with van der Waals surface area (Å²) < 4.78 is 0. The minimum Gasteiger partial charge on any atom is -0.389 e. The van der Waals surface area contributed by atoms with Crippen LogP contribution in [0.3, 0.4) is 0 Å². The van der Waals surface area contributed by atoms with Crippen molar-refractivity contribution in [3.8, 4) is 0 Å². The highest BCUT2D eigenvalue weighted by molar-refractivity contribution is 7.99. The molecule has 0 aliphatic rings. The van der Waals surface area contributed by atoms with Gasteiger partial charge in [0.05, 0.1) is 0 Å². The Morgan fingerprint density at radius 1 is 1.26 bits per heavy atom. The van der Waals surface area contributed by atoms with Gasteiger partial charge in [-0.05, 0) is 23.8 Å². The molecular formula is C15H18N2S2. The molecule has 0 aliphatic heterocycles. The van der Waals surface area contributed by atoms with E-state index in [1.54, 1.807) is 0 Å². The van der Waals surface area contributed by atoms with Crippen molar-refractivity contribution in [1.82, 2.24) is 0 Å². The van der Waals surface area contributed by atoms with Crippen LogP contribution in [0.1, 0.15) is 12.5 Å². The van der Waals surface area contributed by atoms with Gasteiger partial charge in [-0.1, -0.05) is 43.4 Å². The van der Waals surface area contributed by atoms with Gasteiger partial charge in [-0.3, -0.25) is 0 Å². The minimum absolute atomic E-state index is 0.445. The largest absolute Gasteiger partial charge is 0.389 e. The molecule has 0 radical (unpaired) electrons. The molecule has 19 heavy (non-hydrogen) atoms. The van der Waals surface area contributed by atoms with Gasteiger partial charge in [0.1, 0.15) is 4.99 Å². The van der Waals surface area contributed by atoms with E-state index in [2.05, 4.69) is 36.7 Å². The molecule has 0 saturated carbocycles. The van der Waals surface area contributed by atoms with Crippen molar-refractivity contribution < 1.29 is 0 Å². The van der Waals surface area contributed by atoms with Gasteiger partial charge in [0, 0.05) is 28.4 Å². The molecule has 0 saturated heterocycles. The van der Waals surface area contributed by atoms with Crippen molar-refractivity contribution >= 4 is 45.4 Å². The molecule has 0 spiro atoms. The number of rotatable bonds is 5. The van der Waals surface area contributed by atoms with Crippen LogP contribution in [-0.2, 0) is 0 Å². The Morgan fingerprint density at radius 3 is 2.58 bits per heavy atom. The van der Waals surface area contributed by atoms with Crippen LogP contribution in [0.15, 0.2) is 36.4 Å². The zero-order valence-electron chi connectivity index (χ0n) is 11.1. The molecule has 3 N–H and O–H groups in total. The Hall–Kier alpha value is -1.26. The van der Waals surface area contributed by atoms with Gasteiger partial charge in [-0.2, -0.15) is 11.8 Å². The van der Waals surface area contributed by atoms with Crippen LogP contribution in [0.25, 0.3) is 10.8 Å². The fraction of sp³-hybridized carbons (Fsp3) is 0.267. The maximum atomic E-state index is 5.78. The summed E-state index contributed by atoms with van der Waals surface area (Å²) in [6.07, 6.45) is 2.13. The third-order valence-electron chi connectivity index (χ3n) is 3.17. The van der Waals surface area contributed by atoms with E-state index in [1.807, 2.05) is 30.0 Å². The van der Waals surface area contributed by atoms with E-state index >= 15 is 0 Å². The van der Waals surface area contributed by atoms with Crippen LogP contribution in [0.4, 0.5) is 5.69 Å². The number of anilines is 1. The summed E-state index contributed by atoms with van der Waals surface area (Å²) >= 11 is 6.97. The van der Waals surface area contributed by atoms with E-state index in [1.165, 1.54) is 5.39 Å². The van der Waals surface area contributed by atoms with E-state index in [4.69, 9.17) is 18.0 Å². The number of hydrogen-bond acceptors (Lipinski definition) is 3. The van der Waals surface area contributed by atoms with Crippen molar-refractivity contribution in [2.24, 2.45) is 5.73 Å². The van der Waals surface area contributed by atoms with Gasteiger partial charge in [-0.25, -0.2) is 0 Å². The second kappa shape index (κ2) is 6.26. The summed E-state index contributed by atoms with van der Waals surface area (Å²) in [5.41, 5.74) is 7.86. The van der Waals surface area contributed by atoms with Gasteiger partial charge in [-0.15, -0.1) is 0 Å². The second-order valence-electron chi connectivity index (χ2n) is 4.50. The van der Waals surface area contributed by atoms with Crippen LogP contribution in [0.2, 0.25) is 0 Å². The molecule has 0 amide bonds. The van der Waals surface area contributed by atoms with Crippen LogP contribution >= 0.6 is 24.0 Å². The van der Waals surface area contributed by atoms with Crippen LogP contribution in [0.5, 0.6) is 0 Å². The summed E-state index contributed by atoms with van der Waals surface area (Å²) in [5, 5.41) is 6.35. The SMILES string of the molecule is CSC(C)CNc1ccc(C(N)=S)c2ccccc12. The lowest BCUT2D eigenvalue weighted by molar-refractivity contribution is 1.01. The van der Waals surface area contributed by atoms with E-state index in [0.29, 0.717) is 10.2 Å². The first-order valence-corrected chi connectivity index (χ1v) is 7.91. The van der Waals surface area contributed by atoms with Crippen molar-refractivity contribution in [2.75, 3.05) is 18.1 Å². The van der Waals surface area contributed by atoms with Gasteiger partial charge >= 0.3 is 0 Å². The van der Waals surface area contributed by atoms with E-state index in [-0.39, 0.29) is 0 Å². The molecular weight excluding hydrogens is 272 g/mol. The maximum absolute atomic E-state index is 5.78. The van der Waals surface area contributed by atoms with Crippen LogP contribution in [-0.4, -0.2) is 23.0 Å². The van der Waals surface area contributed by atoms with Crippen LogP contribution < -0.4 is 11.1 Å². The van der Waals surface area contributed by atoms with Crippen molar-refractivity contribution in [3.63, 3.8) is 0 Å². The fourth-order valence-electron chi connectivity index (χ4n) is 2.01. The molecule has 0 aromatic heterocycles. The fourth-order valence-corrected chi connectivity index (χ4v) is 2.43. The molecule has 1 unspecified atom stereocenters. The van der Waals surface area contributed by atoms with Gasteiger partial charge in [0.25, 0.3) is 0 Å². The summed E-state index contributed by atoms with van der Waals surface area (Å²) in [6, 6.07) is 12.3. The average Bonchev–Trinajstić information content (AvgIpc) is 2.43. The Balaban J connectivity index is 2.41. The van der Waals surface area contributed by atoms with Crippen molar-refractivity contribution in [3.05, 3.63) is 42.0 Å². The van der Waals surface area contributed by atoms with Gasteiger partial charge < -0.3 is 11.1 Å². The number of hydrogen-bond donors (Lipinski definition) is 2. The zero-order chi connectivity index (χ0) is 13.8. The van der Waals surface area contributed by atoms with E-state index in [9.17, 15) is 0 Å². The second-order valence-corrected chi connectivity index (χ2v) is 6.21. The van der Waals surface area contributed by atoms with E-state index < -0.39 is 0 Å². The maximum Gasteiger partial charge on any atom is 0.104 e. The molecule has 2 aromatic rings. The lowest BCUT2D eigenvalue weighted by atomic mass is 10.0. The summed E-state index contributed by atoms with van der Waals surface area (Å²) in [4.78, 5) is 0.445. The monoisotopic (exact) mass is 290 g/mol. The molecule has 2 rings (SSSR count). The first-order chi connectivity index (χ1) is 9.13. The lowest BCUT2D eigenvalue weighted by Crippen LogP contribution is -2.14. The molecule has 4 heteroatoms. The molecule has 2 nitrogen and oxygen atoms in total. The molecule has 1 atom stereocenters. The normalized spacial score (nSPS) is 12.3. The lowest BCUT2D eigenvalue weighted by Gasteiger charge is -2.15. The van der Waals surface area contributed by atoms with Crippen LogP contribution in [0, 0.1) is 0 Å². The van der Waals surface area contributed by atoms with E-state index in [0.717, 1.165) is 23.2 Å². The highest BCUT2D eigenvalue weighted by atomic mass is 32.2. The predicted molar refractivity (Wildman–Crippen MR) is 91.3 cm³/mol. The number of nitrogens with two attached hydrogens (primary N) is 1. The number of nitrogens with one attached hydrogen (secondary N) is 1. The highest BCUT2D eigenvalue weighted by Gasteiger charge is 2.08. The number of benzene rings is 2. The molecule has 2 aromatic carbocycles. The number of thiocarbonyl (C=S) groups is 1. The third-order valence-corrected chi connectivity index (χ3v) is 4.36. The molecule has 0 heterocycles. The Labute approximate surface area is 123 Å². The quantitative estimate of drug-likeness (QED) is 0.825. The first kappa shape index (κ1) is 14.2. The molecule has 100 valence electrons. The summed E-state index contributed by atoms with van der Waals surface area (Å²) in [5.74, 6) is 0. The Kier molecular flexibility index (Phi) is 4.66. The average molecular weight is 290 g/mol. The predicted octanol–water partition coefficient (Wildman–Crippen LogP) is 3.64. The Bertz CT molecular complexity index is 596. The van der Waals surface area contributed by atoms with Crippen molar-refractivity contribution in [1.29, 1.82) is 0 Å². The Morgan fingerprint density at radius 2 is 1.95 bits per heavy atom. The third kappa shape index (κ3) is 3.19. The van der Waals surface area contributed by atoms with Crippen molar-refractivity contribution in [2.45, 2.75) is 12.2 Å². The zero-order valence-corrected chi connectivity index (χ0v) is 12.8. The molecule has 0 bridgehead atoms. The minimum atomic E-state index is 0.445. The number of thioether (sulfide) groups is 1. The smallest absolute Gasteiger partial charge is 0.104 e. The van der Waals surface area contributed by atoms with Gasteiger partial charge in [0.2, 0.25) is 0 Å². The number of fused-ring (bicyclic) bond motifs is 1. The van der Waals surface area contributed by atoms with Gasteiger partial charge in [0.15, 0.2) is 0 Å².